The third kappa shape index (κ3) is 29.1. The Morgan fingerprint density at radius 3 is 0.571 bits per heavy atom. The quantitative estimate of drug-likeness (QED) is 0.0200. The molecule has 21 saturated heterocycles. The Morgan fingerprint density at radius 2 is 0.420 bits per heavy atom. The van der Waals surface area contributed by atoms with Gasteiger partial charge in [-0.1, -0.05) is 39.8 Å². The molecule has 42 atom stereocenters. The Morgan fingerprint density at radius 1 is 0.261 bits per heavy atom. The van der Waals surface area contributed by atoms with Crippen LogP contribution in [0.3, 0.4) is 0 Å². The summed E-state index contributed by atoms with van der Waals surface area (Å²) in [6.07, 6.45) is -69.2. The maximum absolute atomic E-state index is 12.4. The lowest BCUT2D eigenvalue weighted by Gasteiger charge is -2.50. The number of hydrogen-bond acceptors (Lipinski definition) is 42. The van der Waals surface area contributed by atoms with Gasteiger partial charge in [-0.3, -0.25) is 9.59 Å². The zero-order chi connectivity index (χ0) is 87.2. The van der Waals surface area contributed by atoms with Gasteiger partial charge in [0.1, 0.15) is 171 Å². The number of rotatable bonds is 40. The highest BCUT2D eigenvalue weighted by atomic mass is 16.8. The van der Waals surface area contributed by atoms with E-state index in [2.05, 4.69) is 13.2 Å². The number of hydrogen-bond donors (Lipinski definition) is 19. The predicted molar refractivity (Wildman–Crippen MR) is 399 cm³/mol. The highest BCUT2D eigenvalue weighted by Crippen LogP contribution is 2.40. The van der Waals surface area contributed by atoms with Gasteiger partial charge < -0.3 is 196 Å². The van der Waals surface area contributed by atoms with Gasteiger partial charge in [-0.25, -0.2) is 0 Å². The lowest BCUT2D eigenvalue weighted by molar-refractivity contribution is -0.398. The van der Waals surface area contributed by atoms with Gasteiger partial charge in [-0.15, -0.1) is 0 Å². The molecule has 0 saturated carbocycles. The third-order valence-corrected chi connectivity index (χ3v) is 21.3. The lowest BCUT2D eigenvalue weighted by atomic mass is 9.95. The zero-order valence-electron chi connectivity index (χ0n) is 68.3. The number of ether oxygens (including phenoxy) is 21. The molecule has 0 aromatic rings. The standard InChI is InChI=1S/C77H132O42/c1-10-41(83)18-14-12-16-34(3)20-99-27-43-64-51(86)58(93)72(107-43)116-67-46(30-102-23-37(6)79)111-76(62(97)55(67)90)119-70-49(33-105-26-40(9)82)112-77(63(98)56(70)91)118-69-48(32-104-25-39(8)81)109-74(60(95)53(69)88)114-65-44(28-100-21-35(4)17-13-15-19-42(84)11-2)106-71(57(92)50(65)85)115-66-45(29-101-22-36(5)78)110-75(61(96)54(66)89)117-68-47(31-103-24-38(7)80)108-73(113-64)59(94)52(68)87/h10-11,34-40,43-82,85-98H,1-2,12-33H2,3-9H3. The zero-order valence-corrected chi connectivity index (χ0v) is 68.3. The van der Waals surface area contributed by atoms with E-state index >= 15 is 0 Å². The van der Waals surface area contributed by atoms with Crippen LogP contribution < -0.4 is 0 Å². The van der Waals surface area contributed by atoms with Crippen molar-refractivity contribution in [3.8, 4) is 0 Å². The normalized spacial score (nSPS) is 41.8. The van der Waals surface area contributed by atoms with Crippen molar-refractivity contribution in [2.75, 3.05) is 92.5 Å². The Balaban J connectivity index is 1.20. The third-order valence-electron chi connectivity index (χ3n) is 21.3. The summed E-state index contributed by atoms with van der Waals surface area (Å²) in [5.41, 5.74) is 0. The van der Waals surface area contributed by atoms with Gasteiger partial charge in [-0.05, 0) is 84.3 Å². The second-order valence-corrected chi connectivity index (χ2v) is 32.4. The number of allylic oxidation sites excluding steroid dienone is 2. The van der Waals surface area contributed by atoms with Gasteiger partial charge >= 0.3 is 0 Å². The van der Waals surface area contributed by atoms with Crippen LogP contribution in [-0.2, 0) is 109 Å². The number of ketones is 2. The van der Waals surface area contributed by atoms with E-state index in [1.54, 1.807) is 0 Å². The smallest absolute Gasteiger partial charge is 0.187 e. The minimum Gasteiger partial charge on any atom is -0.391 e. The molecule has 119 heavy (non-hydrogen) atoms. The molecule has 0 aromatic carbocycles. The van der Waals surface area contributed by atoms with Crippen molar-refractivity contribution in [3.63, 3.8) is 0 Å². The number of aliphatic hydroxyl groups is 19. The van der Waals surface area contributed by atoms with Crippen molar-refractivity contribution in [3.05, 3.63) is 25.3 Å². The van der Waals surface area contributed by atoms with Crippen molar-refractivity contribution in [2.45, 2.75) is 345 Å². The fourth-order valence-electron chi connectivity index (χ4n) is 14.8. The summed E-state index contributed by atoms with van der Waals surface area (Å²) in [7, 11) is 0. The number of aliphatic hydroxyl groups excluding tert-OH is 19. The van der Waals surface area contributed by atoms with E-state index in [4.69, 9.17) is 99.5 Å². The summed E-state index contributed by atoms with van der Waals surface area (Å²) in [5, 5.41) is 223. The average molecular weight is 1730 g/mol. The summed E-state index contributed by atoms with van der Waals surface area (Å²) in [5.74, 6) is -0.651. The van der Waals surface area contributed by atoms with Gasteiger partial charge in [0.25, 0.3) is 0 Å². The molecule has 21 aliphatic rings. The summed E-state index contributed by atoms with van der Waals surface area (Å²) < 4.78 is 129. The highest BCUT2D eigenvalue weighted by Gasteiger charge is 2.60. The Bertz CT molecular complexity index is 2810. The second kappa shape index (κ2) is 49.5. The minimum absolute atomic E-state index is 0.00385. The Kier molecular flexibility index (Phi) is 42.3. The Hall–Kier alpha value is -2.78. The van der Waals surface area contributed by atoms with Crippen LogP contribution in [-0.4, -0.2) is 447 Å². The SMILES string of the molecule is C=CC(=O)CCCCC(C)COCC1OC2OC3C(COCC(C)O)OC(OC4C(COCC(C)O)OC(OC5C(COCC(C)CCCCC(=O)C=C)OC(OC6C(COCC(C)O)OC(OC7C(COCC(C)O)OC(OC8C(COCC(C)O)OC(OC1C(O)C2O)C(O)C8O)C(O)C7O)C(O)C6O)C(O)C5O)C(O)C4O)C(O)C3O. The van der Waals surface area contributed by atoms with Gasteiger partial charge in [-0.2, -0.15) is 0 Å². The summed E-state index contributed by atoms with van der Waals surface area (Å²) in [6.45, 7) is 11.6. The van der Waals surface area contributed by atoms with Crippen molar-refractivity contribution < 1.29 is 206 Å². The first-order valence-corrected chi connectivity index (χ1v) is 41.0. The largest absolute Gasteiger partial charge is 0.391 e. The summed E-state index contributed by atoms with van der Waals surface area (Å²) in [6, 6.07) is 0. The number of carbonyl (C=O) groups excluding carboxylic acids is 2. The molecule has 0 aromatic heterocycles. The van der Waals surface area contributed by atoms with E-state index in [0.29, 0.717) is 38.5 Å². The fraction of sp³-hybridized carbons (Fsp3) is 0.922. The van der Waals surface area contributed by atoms with Crippen LogP contribution in [0, 0.1) is 11.8 Å². The monoisotopic (exact) mass is 1730 g/mol. The molecular weight excluding hydrogens is 1600 g/mol. The van der Waals surface area contributed by atoms with Gasteiger partial charge in [0.15, 0.2) is 55.6 Å². The number of unbranched alkanes of at least 4 members (excludes halogenated alkanes) is 2. The van der Waals surface area contributed by atoms with E-state index in [1.165, 1.54) is 46.8 Å². The molecule has 42 heteroatoms. The van der Waals surface area contributed by atoms with Crippen molar-refractivity contribution in [1.82, 2.24) is 0 Å². The Labute approximate surface area is 690 Å². The van der Waals surface area contributed by atoms with Gasteiger partial charge in [0, 0.05) is 26.1 Å². The summed E-state index contributed by atoms with van der Waals surface area (Å²) in [4.78, 5) is 24.0. The highest BCUT2D eigenvalue weighted by molar-refractivity contribution is 5.89. The molecular formula is C77H132O42. The molecule has 692 valence electrons. The van der Waals surface area contributed by atoms with Gasteiger partial charge in [0.2, 0.25) is 0 Å². The molecule has 21 aliphatic heterocycles. The molecule has 0 aliphatic carbocycles. The van der Waals surface area contributed by atoms with Crippen LogP contribution in [0.2, 0.25) is 0 Å². The van der Waals surface area contributed by atoms with E-state index in [0.717, 1.165) is 0 Å². The minimum atomic E-state index is -2.25. The molecule has 21 heterocycles. The fourth-order valence-corrected chi connectivity index (χ4v) is 14.8. The van der Waals surface area contributed by atoms with Crippen molar-refractivity contribution in [2.24, 2.45) is 11.8 Å². The second-order valence-electron chi connectivity index (χ2n) is 32.4. The molecule has 42 unspecified atom stereocenters. The average Bonchev–Trinajstić information content (AvgIpc) is 0.811. The first kappa shape index (κ1) is 102. The van der Waals surface area contributed by atoms with Gasteiger partial charge in [0.05, 0.1) is 110 Å². The maximum atomic E-state index is 12.4. The van der Waals surface area contributed by atoms with Crippen LogP contribution in [0.15, 0.2) is 25.3 Å². The molecule has 21 fully saturated rings. The van der Waals surface area contributed by atoms with Crippen molar-refractivity contribution >= 4 is 11.6 Å². The van der Waals surface area contributed by atoms with Crippen LogP contribution in [0.1, 0.15) is 99.8 Å². The van der Waals surface area contributed by atoms with E-state index < -0.39 is 292 Å². The molecule has 0 spiro atoms. The lowest BCUT2D eigenvalue weighted by Crippen LogP contribution is -2.68. The van der Waals surface area contributed by atoms with Crippen molar-refractivity contribution in [1.29, 1.82) is 0 Å². The predicted octanol–water partition coefficient (Wildman–Crippen LogP) is -7.25. The van der Waals surface area contributed by atoms with Crippen LogP contribution in [0.4, 0.5) is 0 Å². The molecule has 21 rings (SSSR count). The van der Waals surface area contributed by atoms with Crippen LogP contribution >= 0.6 is 0 Å². The molecule has 14 bridgehead atoms. The van der Waals surface area contributed by atoms with E-state index in [1.807, 2.05) is 13.8 Å². The summed E-state index contributed by atoms with van der Waals surface area (Å²) >= 11 is 0. The van der Waals surface area contributed by atoms with Crippen LogP contribution in [0.25, 0.3) is 0 Å². The van der Waals surface area contributed by atoms with Crippen LogP contribution in [0.5, 0.6) is 0 Å². The first-order chi connectivity index (χ1) is 56.5. The van der Waals surface area contributed by atoms with E-state index in [9.17, 15) is 107 Å². The molecule has 42 nitrogen and oxygen atoms in total. The topological polar surface area (TPSA) is 612 Å². The first-order valence-electron chi connectivity index (χ1n) is 41.0. The molecule has 19 N–H and O–H groups in total. The molecule has 0 amide bonds. The number of carbonyl (C=O) groups is 2. The maximum Gasteiger partial charge on any atom is 0.187 e. The van der Waals surface area contributed by atoms with E-state index in [-0.39, 0.29) is 82.5 Å². The molecule has 0 radical (unpaired) electrons.